The number of carbonyl (C=O) groups is 2. The fourth-order valence-corrected chi connectivity index (χ4v) is 5.25. The zero-order valence-electron chi connectivity index (χ0n) is 21.1. The van der Waals surface area contributed by atoms with Gasteiger partial charge in [-0.2, -0.15) is 0 Å². The number of nitro groups is 1. The highest BCUT2D eigenvalue weighted by Crippen LogP contribution is 2.31. The standard InChI is InChI=1S/C29H23FN4O4S/c1-18-15-21(16-27-28(35)32(29(36)31-27)17-20-5-3-4-6-26(20)30)19(2)33(18)22-7-11-24(12-8-22)39-25-13-9-23(10-14-25)34(37)38/h3-16H,17H2,1-2H3,(H,31,36)/b27-16+. The number of nitro benzene ring substituents is 1. The molecule has 1 aromatic heterocycles. The van der Waals surface area contributed by atoms with Crippen LogP contribution in [0.25, 0.3) is 11.8 Å². The molecule has 1 saturated heterocycles. The lowest BCUT2D eigenvalue weighted by atomic mass is 10.2. The van der Waals surface area contributed by atoms with Gasteiger partial charge < -0.3 is 9.88 Å². The molecule has 3 aromatic carbocycles. The Morgan fingerprint density at radius 2 is 1.62 bits per heavy atom. The summed E-state index contributed by atoms with van der Waals surface area (Å²) in [5, 5.41) is 13.5. The van der Waals surface area contributed by atoms with Gasteiger partial charge >= 0.3 is 6.03 Å². The number of urea groups is 1. The second-order valence-corrected chi connectivity index (χ2v) is 10.1. The van der Waals surface area contributed by atoms with E-state index in [0.717, 1.165) is 37.3 Å². The number of aryl methyl sites for hydroxylation is 1. The quantitative estimate of drug-likeness (QED) is 0.126. The monoisotopic (exact) mass is 542 g/mol. The van der Waals surface area contributed by atoms with E-state index in [1.807, 2.05) is 48.7 Å². The van der Waals surface area contributed by atoms with Gasteiger partial charge in [-0.3, -0.25) is 19.8 Å². The molecule has 2 heterocycles. The van der Waals surface area contributed by atoms with Crippen molar-refractivity contribution < 1.29 is 18.9 Å². The predicted molar refractivity (Wildman–Crippen MR) is 146 cm³/mol. The number of imide groups is 1. The van der Waals surface area contributed by atoms with Gasteiger partial charge in [0, 0.05) is 44.6 Å². The number of carbonyl (C=O) groups excluding carboxylic acids is 2. The summed E-state index contributed by atoms with van der Waals surface area (Å²) in [5.74, 6) is -0.989. The van der Waals surface area contributed by atoms with Gasteiger partial charge in [0.1, 0.15) is 11.5 Å². The normalized spacial score (nSPS) is 14.2. The van der Waals surface area contributed by atoms with Crippen LogP contribution in [0.3, 0.4) is 0 Å². The number of halogens is 1. The first-order chi connectivity index (χ1) is 18.7. The lowest BCUT2D eigenvalue weighted by Crippen LogP contribution is -2.30. The number of rotatable bonds is 7. The molecule has 5 rings (SSSR count). The molecule has 3 amide bonds. The van der Waals surface area contributed by atoms with Crippen LogP contribution in [0.4, 0.5) is 14.9 Å². The van der Waals surface area contributed by atoms with E-state index in [4.69, 9.17) is 0 Å². The highest BCUT2D eigenvalue weighted by molar-refractivity contribution is 7.99. The van der Waals surface area contributed by atoms with Crippen LogP contribution in [0.5, 0.6) is 0 Å². The highest BCUT2D eigenvalue weighted by Gasteiger charge is 2.34. The molecule has 0 spiro atoms. The van der Waals surface area contributed by atoms with E-state index in [1.165, 1.54) is 30.0 Å². The summed E-state index contributed by atoms with van der Waals surface area (Å²) in [6.45, 7) is 3.73. The van der Waals surface area contributed by atoms with E-state index in [-0.39, 0.29) is 23.5 Å². The van der Waals surface area contributed by atoms with E-state index in [0.29, 0.717) is 0 Å². The Balaban J connectivity index is 1.34. The first-order valence-electron chi connectivity index (χ1n) is 12.0. The van der Waals surface area contributed by atoms with E-state index in [2.05, 4.69) is 5.32 Å². The first-order valence-corrected chi connectivity index (χ1v) is 12.8. The molecule has 196 valence electrons. The summed E-state index contributed by atoms with van der Waals surface area (Å²) < 4.78 is 16.1. The van der Waals surface area contributed by atoms with Crippen molar-refractivity contribution in [2.75, 3.05) is 0 Å². The molecule has 0 atom stereocenters. The SMILES string of the molecule is Cc1cc(/C=C2/NC(=O)N(Cc3ccccc3F)C2=O)c(C)n1-c1ccc(Sc2ccc([N+](=O)[O-])cc2)cc1. The zero-order valence-corrected chi connectivity index (χ0v) is 21.9. The average Bonchev–Trinajstić information content (AvgIpc) is 3.34. The molecule has 8 nitrogen and oxygen atoms in total. The molecule has 0 radical (unpaired) electrons. The second kappa shape index (κ2) is 10.6. The summed E-state index contributed by atoms with van der Waals surface area (Å²) >= 11 is 1.50. The van der Waals surface area contributed by atoms with Gasteiger partial charge in [-0.05, 0) is 74.0 Å². The molecule has 1 fully saturated rings. The number of amides is 3. The van der Waals surface area contributed by atoms with Crippen LogP contribution in [0.2, 0.25) is 0 Å². The summed E-state index contributed by atoms with van der Waals surface area (Å²) in [7, 11) is 0. The lowest BCUT2D eigenvalue weighted by Gasteiger charge is -2.12. The number of aromatic nitrogens is 1. The fraction of sp³-hybridized carbons (Fsp3) is 0.103. The van der Waals surface area contributed by atoms with Crippen molar-refractivity contribution in [3.8, 4) is 5.69 Å². The third-order valence-corrected chi connectivity index (χ3v) is 7.41. The maximum absolute atomic E-state index is 14.1. The van der Waals surface area contributed by atoms with Gasteiger partial charge in [0.25, 0.3) is 11.6 Å². The third kappa shape index (κ3) is 5.32. The average molecular weight is 543 g/mol. The molecule has 0 aliphatic carbocycles. The minimum Gasteiger partial charge on any atom is -0.318 e. The summed E-state index contributed by atoms with van der Waals surface area (Å²) in [6, 6.07) is 21.7. The smallest absolute Gasteiger partial charge is 0.318 e. The van der Waals surface area contributed by atoms with Crippen molar-refractivity contribution in [1.82, 2.24) is 14.8 Å². The van der Waals surface area contributed by atoms with E-state index in [1.54, 1.807) is 36.4 Å². The Labute approximate surface area is 227 Å². The molecular formula is C29H23FN4O4S. The Hall–Kier alpha value is -4.70. The second-order valence-electron chi connectivity index (χ2n) is 8.98. The Kier molecular flexibility index (Phi) is 7.03. The van der Waals surface area contributed by atoms with Crippen molar-refractivity contribution in [2.24, 2.45) is 0 Å². The van der Waals surface area contributed by atoms with Gasteiger partial charge in [-0.1, -0.05) is 30.0 Å². The van der Waals surface area contributed by atoms with Crippen LogP contribution in [0, 0.1) is 29.8 Å². The van der Waals surface area contributed by atoms with Crippen LogP contribution in [0.15, 0.2) is 94.4 Å². The molecule has 0 unspecified atom stereocenters. The maximum atomic E-state index is 14.1. The molecule has 1 N–H and O–H groups in total. The van der Waals surface area contributed by atoms with Crippen molar-refractivity contribution in [2.45, 2.75) is 30.2 Å². The molecule has 4 aromatic rings. The van der Waals surface area contributed by atoms with Crippen LogP contribution in [-0.2, 0) is 11.3 Å². The van der Waals surface area contributed by atoms with Crippen molar-refractivity contribution >= 4 is 35.5 Å². The van der Waals surface area contributed by atoms with Gasteiger partial charge in [-0.25, -0.2) is 9.18 Å². The van der Waals surface area contributed by atoms with Gasteiger partial charge in [0.2, 0.25) is 0 Å². The summed E-state index contributed by atoms with van der Waals surface area (Å²) in [6.07, 6.45) is 1.64. The fourth-order valence-electron chi connectivity index (χ4n) is 4.43. The molecule has 39 heavy (non-hydrogen) atoms. The molecular weight excluding hydrogens is 519 g/mol. The number of hydrogen-bond donors (Lipinski definition) is 1. The highest BCUT2D eigenvalue weighted by atomic mass is 32.2. The van der Waals surface area contributed by atoms with Crippen molar-refractivity contribution in [3.05, 3.63) is 123 Å². The minimum absolute atomic E-state index is 0.0516. The van der Waals surface area contributed by atoms with Crippen LogP contribution < -0.4 is 5.32 Å². The van der Waals surface area contributed by atoms with E-state index < -0.39 is 22.7 Å². The Morgan fingerprint density at radius 1 is 0.974 bits per heavy atom. The lowest BCUT2D eigenvalue weighted by molar-refractivity contribution is -0.384. The maximum Gasteiger partial charge on any atom is 0.329 e. The summed E-state index contributed by atoms with van der Waals surface area (Å²) in [4.78, 5) is 38.7. The van der Waals surface area contributed by atoms with Gasteiger partial charge in [-0.15, -0.1) is 0 Å². The molecule has 0 saturated carbocycles. The van der Waals surface area contributed by atoms with Gasteiger partial charge in [0.05, 0.1) is 11.5 Å². The Bertz CT molecular complexity index is 1630. The van der Waals surface area contributed by atoms with Crippen molar-refractivity contribution in [1.29, 1.82) is 0 Å². The van der Waals surface area contributed by atoms with E-state index >= 15 is 0 Å². The number of nitrogens with zero attached hydrogens (tertiary/aromatic N) is 3. The number of nitrogens with one attached hydrogen (secondary N) is 1. The molecule has 1 aliphatic heterocycles. The number of non-ortho nitro benzene ring substituents is 1. The largest absolute Gasteiger partial charge is 0.329 e. The topological polar surface area (TPSA) is 97.5 Å². The van der Waals surface area contributed by atoms with Crippen molar-refractivity contribution in [3.63, 3.8) is 0 Å². The van der Waals surface area contributed by atoms with Gasteiger partial charge in [0.15, 0.2) is 0 Å². The third-order valence-electron chi connectivity index (χ3n) is 6.40. The minimum atomic E-state index is -0.593. The molecule has 1 aliphatic rings. The summed E-state index contributed by atoms with van der Waals surface area (Å²) in [5.41, 5.74) is 3.96. The van der Waals surface area contributed by atoms with E-state index in [9.17, 15) is 24.1 Å². The predicted octanol–water partition coefficient (Wildman–Crippen LogP) is 6.39. The number of benzene rings is 3. The van der Waals surface area contributed by atoms with Crippen LogP contribution in [0.1, 0.15) is 22.5 Å². The Morgan fingerprint density at radius 3 is 2.26 bits per heavy atom. The van der Waals surface area contributed by atoms with Crippen LogP contribution >= 0.6 is 11.8 Å². The van der Waals surface area contributed by atoms with Crippen LogP contribution in [-0.4, -0.2) is 26.3 Å². The number of hydrogen-bond acceptors (Lipinski definition) is 5. The first kappa shape index (κ1) is 25.9. The zero-order chi connectivity index (χ0) is 27.7. The molecule has 10 heteroatoms. The molecule has 0 bridgehead atoms.